The number of hydrogen-bond donors (Lipinski definition) is 1. The second-order valence-electron chi connectivity index (χ2n) is 8.37. The maximum absolute atomic E-state index is 12.4. The van der Waals surface area contributed by atoms with Crippen molar-refractivity contribution in [3.05, 3.63) is 23.7 Å². The van der Waals surface area contributed by atoms with Gasteiger partial charge in [0.2, 0.25) is 0 Å². The number of likely N-dealkylation sites (tertiary alicyclic amines) is 1. The summed E-state index contributed by atoms with van der Waals surface area (Å²) >= 11 is 0. The zero-order valence-corrected chi connectivity index (χ0v) is 17.7. The van der Waals surface area contributed by atoms with E-state index in [1.54, 1.807) is 11.8 Å². The minimum atomic E-state index is -0.489. The number of aromatic nitrogens is 3. The van der Waals surface area contributed by atoms with Crippen LogP contribution in [0.25, 0.3) is 11.2 Å². The van der Waals surface area contributed by atoms with Crippen LogP contribution < -0.4 is 0 Å². The summed E-state index contributed by atoms with van der Waals surface area (Å²) in [5.41, 5.74) is 1.89. The number of aromatic amines is 1. The molecule has 158 valence electrons. The van der Waals surface area contributed by atoms with Crippen LogP contribution in [0.5, 0.6) is 0 Å². The third kappa shape index (κ3) is 5.68. The highest BCUT2D eigenvalue weighted by atomic mass is 16.6. The monoisotopic (exact) mass is 402 g/mol. The van der Waals surface area contributed by atoms with Crippen LogP contribution in [0.15, 0.2) is 12.1 Å². The van der Waals surface area contributed by atoms with Gasteiger partial charge in [0.25, 0.3) is 0 Å². The molecule has 0 spiro atoms. The summed E-state index contributed by atoms with van der Waals surface area (Å²) in [5, 5.41) is 0. The molecule has 1 aliphatic heterocycles. The molecule has 1 aliphatic rings. The number of fused-ring (bicyclic) bond motifs is 1. The molecular weight excluding hydrogens is 372 g/mol. The van der Waals surface area contributed by atoms with Crippen LogP contribution in [0.3, 0.4) is 0 Å². The fourth-order valence-electron chi connectivity index (χ4n) is 3.52. The van der Waals surface area contributed by atoms with Gasteiger partial charge >= 0.3 is 12.1 Å². The zero-order valence-electron chi connectivity index (χ0n) is 17.7. The Bertz CT molecular complexity index is 871. The smallest absolute Gasteiger partial charge is 0.410 e. The highest BCUT2D eigenvalue weighted by molar-refractivity contribution is 5.75. The van der Waals surface area contributed by atoms with Gasteiger partial charge in [-0.3, -0.25) is 4.79 Å². The molecule has 8 heteroatoms. The second kappa shape index (κ2) is 8.80. The van der Waals surface area contributed by atoms with Gasteiger partial charge < -0.3 is 19.4 Å². The first-order valence-corrected chi connectivity index (χ1v) is 10.2. The first-order chi connectivity index (χ1) is 13.7. The third-order valence-corrected chi connectivity index (χ3v) is 4.83. The first-order valence-electron chi connectivity index (χ1n) is 10.2. The Morgan fingerprint density at radius 3 is 2.72 bits per heavy atom. The van der Waals surface area contributed by atoms with Crippen molar-refractivity contribution >= 4 is 23.2 Å². The summed E-state index contributed by atoms with van der Waals surface area (Å²) in [6, 6.07) is 3.96. The lowest BCUT2D eigenvalue weighted by Crippen LogP contribution is -2.37. The van der Waals surface area contributed by atoms with Crippen LogP contribution >= 0.6 is 0 Å². The number of ether oxygens (including phenoxy) is 2. The number of carbonyl (C=O) groups excluding carboxylic acids is 2. The van der Waals surface area contributed by atoms with Gasteiger partial charge in [0, 0.05) is 24.7 Å². The molecule has 0 radical (unpaired) electrons. The number of H-pyrrole nitrogens is 1. The van der Waals surface area contributed by atoms with Crippen LogP contribution in [0.1, 0.15) is 64.4 Å². The van der Waals surface area contributed by atoms with E-state index in [1.165, 1.54) is 0 Å². The highest BCUT2D eigenvalue weighted by Gasteiger charge is 2.26. The van der Waals surface area contributed by atoms with Crippen molar-refractivity contribution in [2.45, 2.75) is 64.9 Å². The number of nitrogens with zero attached hydrogens (tertiary/aromatic N) is 3. The van der Waals surface area contributed by atoms with E-state index in [-0.39, 0.29) is 24.4 Å². The molecule has 3 rings (SSSR count). The Balaban J connectivity index is 1.67. The number of amides is 1. The molecule has 0 saturated carbocycles. The van der Waals surface area contributed by atoms with Gasteiger partial charge in [-0.15, -0.1) is 0 Å². The van der Waals surface area contributed by atoms with Crippen molar-refractivity contribution in [3.63, 3.8) is 0 Å². The number of esters is 1. The highest BCUT2D eigenvalue weighted by Crippen LogP contribution is 2.28. The molecule has 1 atom stereocenters. The Hall–Kier alpha value is -2.64. The van der Waals surface area contributed by atoms with E-state index in [0.717, 1.165) is 30.5 Å². The number of pyridine rings is 1. The number of nitrogens with one attached hydrogen (secondary N) is 1. The maximum Gasteiger partial charge on any atom is 0.410 e. The number of hydrogen-bond acceptors (Lipinski definition) is 6. The van der Waals surface area contributed by atoms with Gasteiger partial charge in [-0.25, -0.2) is 14.8 Å². The van der Waals surface area contributed by atoms with Crippen molar-refractivity contribution in [3.8, 4) is 0 Å². The lowest BCUT2D eigenvalue weighted by molar-refractivity contribution is -0.142. The molecule has 8 nitrogen and oxygen atoms in total. The lowest BCUT2D eigenvalue weighted by atomic mass is 9.96. The SMILES string of the molecule is CCOC(=O)Cc1nc2nc(C3CCCN(C(=O)OC(C)(C)C)CC3)ccc2[nH]1. The summed E-state index contributed by atoms with van der Waals surface area (Å²) in [7, 11) is 0. The Labute approximate surface area is 171 Å². The van der Waals surface area contributed by atoms with E-state index in [4.69, 9.17) is 14.5 Å². The Morgan fingerprint density at radius 1 is 1.21 bits per heavy atom. The summed E-state index contributed by atoms with van der Waals surface area (Å²) < 4.78 is 10.5. The van der Waals surface area contributed by atoms with E-state index >= 15 is 0 Å². The third-order valence-electron chi connectivity index (χ3n) is 4.83. The zero-order chi connectivity index (χ0) is 21.0. The fourth-order valence-corrected chi connectivity index (χ4v) is 3.52. The van der Waals surface area contributed by atoms with E-state index in [0.29, 0.717) is 31.2 Å². The van der Waals surface area contributed by atoms with Gasteiger partial charge in [-0.1, -0.05) is 0 Å². The van der Waals surface area contributed by atoms with E-state index in [9.17, 15) is 9.59 Å². The molecule has 0 bridgehead atoms. The van der Waals surface area contributed by atoms with E-state index in [2.05, 4.69) is 9.97 Å². The van der Waals surface area contributed by atoms with Crippen LogP contribution in [0.2, 0.25) is 0 Å². The first kappa shape index (κ1) is 21.1. The predicted octanol–water partition coefficient (Wildman–Crippen LogP) is 3.57. The fraction of sp³-hybridized carbons (Fsp3) is 0.619. The average molecular weight is 402 g/mol. The molecular formula is C21H30N4O4. The average Bonchev–Trinajstić information content (AvgIpc) is 2.85. The molecule has 29 heavy (non-hydrogen) atoms. The molecule has 2 aromatic heterocycles. The van der Waals surface area contributed by atoms with Crippen molar-refractivity contribution in [1.82, 2.24) is 19.9 Å². The van der Waals surface area contributed by atoms with Crippen LogP contribution in [-0.4, -0.2) is 57.2 Å². The second-order valence-corrected chi connectivity index (χ2v) is 8.37. The van der Waals surface area contributed by atoms with Gasteiger partial charge in [-0.05, 0) is 59.1 Å². The van der Waals surface area contributed by atoms with Gasteiger partial charge in [0.05, 0.1) is 12.1 Å². The normalized spacial score (nSPS) is 17.8. The largest absolute Gasteiger partial charge is 0.466 e. The van der Waals surface area contributed by atoms with E-state index in [1.807, 2.05) is 32.9 Å². The van der Waals surface area contributed by atoms with Crippen LogP contribution in [-0.2, 0) is 20.7 Å². The molecule has 1 unspecified atom stereocenters. The van der Waals surface area contributed by atoms with Crippen molar-refractivity contribution < 1.29 is 19.1 Å². The van der Waals surface area contributed by atoms with Crippen molar-refractivity contribution in [2.24, 2.45) is 0 Å². The minimum Gasteiger partial charge on any atom is -0.466 e. The Kier molecular flexibility index (Phi) is 6.39. The van der Waals surface area contributed by atoms with E-state index < -0.39 is 5.60 Å². The van der Waals surface area contributed by atoms with Gasteiger partial charge in [0.1, 0.15) is 17.8 Å². The molecule has 1 saturated heterocycles. The van der Waals surface area contributed by atoms with Crippen LogP contribution in [0.4, 0.5) is 4.79 Å². The van der Waals surface area contributed by atoms with Crippen molar-refractivity contribution in [1.29, 1.82) is 0 Å². The number of carbonyl (C=O) groups is 2. The topological polar surface area (TPSA) is 97.4 Å². The molecule has 2 aromatic rings. The Morgan fingerprint density at radius 2 is 2.00 bits per heavy atom. The maximum atomic E-state index is 12.4. The molecule has 1 amide bonds. The standard InChI is InChI=1S/C21H30N4O4/c1-5-28-18(26)13-17-22-16-9-8-15(23-19(16)24-17)14-7-6-11-25(12-10-14)20(27)29-21(2,3)4/h8-9,14H,5-7,10-13H2,1-4H3,(H,22,23,24). The number of rotatable bonds is 4. The molecule has 1 N–H and O–H groups in total. The minimum absolute atomic E-state index is 0.105. The summed E-state index contributed by atoms with van der Waals surface area (Å²) in [4.78, 5) is 38.1. The quantitative estimate of drug-likeness (QED) is 0.785. The molecule has 3 heterocycles. The summed E-state index contributed by atoms with van der Waals surface area (Å²) in [6.45, 7) is 9.11. The lowest BCUT2D eigenvalue weighted by Gasteiger charge is -2.26. The predicted molar refractivity (Wildman–Crippen MR) is 109 cm³/mol. The van der Waals surface area contributed by atoms with Crippen molar-refractivity contribution in [2.75, 3.05) is 19.7 Å². The van der Waals surface area contributed by atoms with Gasteiger partial charge in [-0.2, -0.15) is 0 Å². The summed E-state index contributed by atoms with van der Waals surface area (Å²) in [5.74, 6) is 0.509. The molecule has 1 fully saturated rings. The molecule has 0 aliphatic carbocycles. The van der Waals surface area contributed by atoms with Crippen LogP contribution in [0, 0.1) is 0 Å². The van der Waals surface area contributed by atoms with Gasteiger partial charge in [0.15, 0.2) is 5.65 Å². The number of imidazole rings is 1. The molecule has 0 aromatic carbocycles. The summed E-state index contributed by atoms with van der Waals surface area (Å²) in [6.07, 6.45) is 2.54.